The number of benzene rings is 1. The number of rotatable bonds is 5. The number of carbonyl (C=O) groups is 2. The number of pyridine rings is 1. The molecule has 2 amide bonds. The lowest BCUT2D eigenvalue weighted by molar-refractivity contribution is -0.115. The molecule has 0 fully saturated rings. The molecule has 24 heavy (non-hydrogen) atoms. The van der Waals surface area contributed by atoms with Gasteiger partial charge in [0.2, 0.25) is 5.91 Å². The summed E-state index contributed by atoms with van der Waals surface area (Å²) in [7, 11) is 0. The van der Waals surface area contributed by atoms with Gasteiger partial charge in [-0.05, 0) is 50.1 Å². The fourth-order valence-electron chi connectivity index (χ4n) is 2.06. The van der Waals surface area contributed by atoms with Gasteiger partial charge in [0.15, 0.2) is 0 Å². The van der Waals surface area contributed by atoms with Crippen molar-refractivity contribution in [3.8, 4) is 0 Å². The summed E-state index contributed by atoms with van der Waals surface area (Å²) in [4.78, 5) is 27.8. The Morgan fingerprint density at radius 3 is 2.67 bits per heavy atom. The minimum absolute atomic E-state index is 0.0979. The van der Waals surface area contributed by atoms with Crippen molar-refractivity contribution in [2.24, 2.45) is 5.10 Å². The molecule has 124 valence electrons. The van der Waals surface area contributed by atoms with Crippen LogP contribution in [0, 0.1) is 13.8 Å². The summed E-state index contributed by atoms with van der Waals surface area (Å²) in [5.74, 6) is -0.544. The Bertz CT molecular complexity index is 770. The molecule has 0 bridgehead atoms. The summed E-state index contributed by atoms with van der Waals surface area (Å²) >= 11 is 0. The first-order valence-corrected chi connectivity index (χ1v) is 7.57. The molecule has 0 unspecified atom stereocenters. The van der Waals surface area contributed by atoms with Crippen LogP contribution in [0.15, 0.2) is 47.8 Å². The predicted molar refractivity (Wildman–Crippen MR) is 94.0 cm³/mol. The van der Waals surface area contributed by atoms with Crippen molar-refractivity contribution in [1.29, 1.82) is 0 Å². The second-order valence-corrected chi connectivity index (χ2v) is 5.50. The number of aromatic nitrogens is 1. The third kappa shape index (κ3) is 4.74. The highest BCUT2D eigenvalue weighted by Gasteiger charge is 2.08. The molecular formula is C18H20N4O2. The van der Waals surface area contributed by atoms with Crippen LogP contribution in [0.2, 0.25) is 0 Å². The average Bonchev–Trinajstić information content (AvgIpc) is 2.57. The highest BCUT2D eigenvalue weighted by Crippen LogP contribution is 2.18. The summed E-state index contributed by atoms with van der Waals surface area (Å²) in [6.07, 6.45) is 3.14. The molecule has 0 aliphatic carbocycles. The Hall–Kier alpha value is -3.02. The van der Waals surface area contributed by atoms with E-state index >= 15 is 0 Å². The van der Waals surface area contributed by atoms with Crippen molar-refractivity contribution < 1.29 is 9.59 Å². The van der Waals surface area contributed by atoms with Gasteiger partial charge in [-0.15, -0.1) is 0 Å². The van der Waals surface area contributed by atoms with Crippen LogP contribution in [0.4, 0.5) is 5.69 Å². The van der Waals surface area contributed by atoms with Crippen molar-refractivity contribution in [2.75, 3.05) is 5.32 Å². The Labute approximate surface area is 141 Å². The molecule has 6 heteroatoms. The second kappa shape index (κ2) is 8.01. The molecule has 0 spiro atoms. The van der Waals surface area contributed by atoms with Gasteiger partial charge in [0.25, 0.3) is 5.91 Å². The minimum Gasteiger partial charge on any atom is -0.326 e. The summed E-state index contributed by atoms with van der Waals surface area (Å²) in [6, 6.07) is 9.05. The normalized spacial score (nSPS) is 11.0. The van der Waals surface area contributed by atoms with E-state index in [1.54, 1.807) is 25.3 Å². The Morgan fingerprint density at radius 2 is 1.96 bits per heavy atom. The number of amides is 2. The summed E-state index contributed by atoms with van der Waals surface area (Å²) in [5, 5.41) is 6.81. The molecule has 0 saturated carbocycles. The van der Waals surface area contributed by atoms with E-state index in [2.05, 4.69) is 20.8 Å². The van der Waals surface area contributed by atoms with Gasteiger partial charge in [-0.3, -0.25) is 14.6 Å². The third-order valence-corrected chi connectivity index (χ3v) is 3.57. The lowest BCUT2D eigenvalue weighted by atomic mass is 10.1. The average molecular weight is 324 g/mol. The van der Waals surface area contributed by atoms with Crippen molar-refractivity contribution in [1.82, 2.24) is 10.4 Å². The van der Waals surface area contributed by atoms with Gasteiger partial charge in [-0.1, -0.05) is 12.1 Å². The van der Waals surface area contributed by atoms with Crippen molar-refractivity contribution in [3.63, 3.8) is 0 Å². The van der Waals surface area contributed by atoms with E-state index in [9.17, 15) is 9.59 Å². The predicted octanol–water partition coefficient (Wildman–Crippen LogP) is 2.83. The molecule has 1 heterocycles. The molecule has 0 aliphatic heterocycles. The molecule has 0 aliphatic rings. The van der Waals surface area contributed by atoms with Gasteiger partial charge in [-0.25, -0.2) is 5.43 Å². The first-order chi connectivity index (χ1) is 11.5. The molecule has 1 aromatic carbocycles. The fraction of sp³-hybridized carbons (Fsp3) is 0.222. The van der Waals surface area contributed by atoms with E-state index in [4.69, 9.17) is 0 Å². The first kappa shape index (κ1) is 17.3. The summed E-state index contributed by atoms with van der Waals surface area (Å²) in [6.45, 7) is 5.64. The third-order valence-electron chi connectivity index (χ3n) is 3.57. The number of carbonyl (C=O) groups excluding carboxylic acids is 2. The van der Waals surface area contributed by atoms with Gasteiger partial charge in [0.05, 0.1) is 12.0 Å². The summed E-state index contributed by atoms with van der Waals surface area (Å²) < 4.78 is 0. The number of hydrogen-bond acceptors (Lipinski definition) is 4. The maximum Gasteiger partial charge on any atom is 0.272 e. The number of aryl methyl sites for hydroxylation is 1. The number of hydrogen-bond donors (Lipinski definition) is 2. The molecule has 0 radical (unpaired) electrons. The van der Waals surface area contributed by atoms with Crippen LogP contribution in [0.1, 0.15) is 34.8 Å². The minimum atomic E-state index is -0.364. The Kier molecular flexibility index (Phi) is 5.78. The number of hydrazone groups is 1. The zero-order chi connectivity index (χ0) is 17.5. The van der Waals surface area contributed by atoms with Crippen LogP contribution in [0.5, 0.6) is 0 Å². The van der Waals surface area contributed by atoms with E-state index in [1.165, 1.54) is 6.20 Å². The standard InChI is InChI=1S/C18H20N4O2/c1-12-6-4-8-16(14(12)3)20-17(23)10-13(2)21-22-18(24)15-7-5-9-19-11-15/h4-9,11H,10H2,1-3H3,(H,20,23)(H,22,24). The fourth-order valence-corrected chi connectivity index (χ4v) is 2.06. The topological polar surface area (TPSA) is 83.5 Å². The van der Waals surface area contributed by atoms with Gasteiger partial charge in [0, 0.05) is 23.8 Å². The Balaban J connectivity index is 1.91. The number of anilines is 1. The number of nitrogens with one attached hydrogen (secondary N) is 2. The molecule has 2 aromatic rings. The van der Waals surface area contributed by atoms with Crippen LogP contribution in [0.3, 0.4) is 0 Å². The highest BCUT2D eigenvalue weighted by atomic mass is 16.2. The van der Waals surface area contributed by atoms with E-state index < -0.39 is 0 Å². The Morgan fingerprint density at radius 1 is 1.17 bits per heavy atom. The lowest BCUT2D eigenvalue weighted by Crippen LogP contribution is -2.21. The molecule has 2 N–H and O–H groups in total. The quantitative estimate of drug-likeness (QED) is 0.655. The van der Waals surface area contributed by atoms with Crippen molar-refractivity contribution >= 4 is 23.2 Å². The smallest absolute Gasteiger partial charge is 0.272 e. The van der Waals surface area contributed by atoms with Crippen LogP contribution >= 0.6 is 0 Å². The zero-order valence-corrected chi connectivity index (χ0v) is 14.0. The molecular weight excluding hydrogens is 304 g/mol. The van der Waals surface area contributed by atoms with Crippen LogP contribution in [-0.2, 0) is 4.79 Å². The van der Waals surface area contributed by atoms with Crippen LogP contribution < -0.4 is 10.7 Å². The molecule has 0 saturated heterocycles. The monoisotopic (exact) mass is 324 g/mol. The van der Waals surface area contributed by atoms with E-state index in [-0.39, 0.29) is 18.2 Å². The van der Waals surface area contributed by atoms with E-state index in [0.29, 0.717) is 11.3 Å². The highest BCUT2D eigenvalue weighted by molar-refractivity contribution is 6.06. The van der Waals surface area contributed by atoms with E-state index in [1.807, 2.05) is 32.0 Å². The van der Waals surface area contributed by atoms with Crippen LogP contribution in [-0.4, -0.2) is 22.5 Å². The molecule has 2 rings (SSSR count). The van der Waals surface area contributed by atoms with Crippen molar-refractivity contribution in [2.45, 2.75) is 27.2 Å². The first-order valence-electron chi connectivity index (χ1n) is 7.57. The van der Waals surface area contributed by atoms with E-state index in [0.717, 1.165) is 16.8 Å². The van der Waals surface area contributed by atoms with Crippen molar-refractivity contribution in [3.05, 3.63) is 59.4 Å². The maximum atomic E-state index is 12.1. The SMILES string of the molecule is CC(CC(=O)Nc1cccc(C)c1C)=NNC(=O)c1cccnc1. The largest absolute Gasteiger partial charge is 0.326 e. The molecule has 1 aromatic heterocycles. The van der Waals surface area contributed by atoms with Gasteiger partial charge < -0.3 is 5.32 Å². The van der Waals surface area contributed by atoms with Gasteiger partial charge in [-0.2, -0.15) is 5.10 Å². The number of nitrogens with zero attached hydrogens (tertiary/aromatic N) is 2. The molecule has 6 nitrogen and oxygen atoms in total. The molecule has 0 atom stereocenters. The van der Waals surface area contributed by atoms with Gasteiger partial charge >= 0.3 is 0 Å². The lowest BCUT2D eigenvalue weighted by Gasteiger charge is -2.10. The zero-order valence-electron chi connectivity index (χ0n) is 14.0. The second-order valence-electron chi connectivity index (χ2n) is 5.50. The maximum absolute atomic E-state index is 12.1. The van der Waals surface area contributed by atoms with Crippen LogP contribution in [0.25, 0.3) is 0 Å². The summed E-state index contributed by atoms with van der Waals surface area (Å²) in [5.41, 5.74) is 6.27. The van der Waals surface area contributed by atoms with Gasteiger partial charge in [0.1, 0.15) is 0 Å².